The molecule has 3 aromatic rings. The maximum atomic E-state index is 12.5. The second kappa shape index (κ2) is 5.58. The molecule has 3 rings (SSSR count). The molecule has 2 aromatic carbocycles. The van der Waals surface area contributed by atoms with Crippen LogP contribution in [-0.4, -0.2) is 15.7 Å². The van der Waals surface area contributed by atoms with Crippen molar-refractivity contribution in [2.24, 2.45) is 7.05 Å². The van der Waals surface area contributed by atoms with Crippen molar-refractivity contribution in [1.29, 1.82) is 0 Å². The van der Waals surface area contributed by atoms with Crippen LogP contribution < -0.4 is 5.32 Å². The summed E-state index contributed by atoms with van der Waals surface area (Å²) in [7, 11) is 1.83. The van der Waals surface area contributed by atoms with Crippen LogP contribution in [0.3, 0.4) is 0 Å². The van der Waals surface area contributed by atoms with Gasteiger partial charge in [0.15, 0.2) is 5.69 Å². The highest BCUT2D eigenvalue weighted by atomic mass is 35.5. The van der Waals surface area contributed by atoms with Gasteiger partial charge in [-0.25, -0.2) is 0 Å². The van der Waals surface area contributed by atoms with Gasteiger partial charge in [-0.2, -0.15) is 5.10 Å². The molecule has 0 saturated heterocycles. The molecule has 5 heteroatoms. The van der Waals surface area contributed by atoms with Gasteiger partial charge in [-0.05, 0) is 17.7 Å². The third-order valence-corrected chi connectivity index (χ3v) is 3.67. The number of carbonyl (C=O) groups excluding carboxylic acids is 1. The molecule has 0 atom stereocenters. The van der Waals surface area contributed by atoms with Gasteiger partial charge in [-0.15, -0.1) is 11.6 Å². The van der Waals surface area contributed by atoms with Crippen LogP contribution in [0.15, 0.2) is 48.5 Å². The number of amides is 1. The Morgan fingerprint density at radius 1 is 1.19 bits per heavy atom. The maximum absolute atomic E-state index is 12.5. The SMILES string of the molecule is Cn1nc(C(=O)Nc2ccccc2CCl)c2ccccc21. The van der Waals surface area contributed by atoms with Crippen LogP contribution >= 0.6 is 11.6 Å². The first kappa shape index (κ1) is 13.6. The molecule has 4 nitrogen and oxygen atoms in total. The molecule has 0 aliphatic carbocycles. The predicted molar refractivity (Wildman–Crippen MR) is 84.7 cm³/mol. The van der Waals surface area contributed by atoms with E-state index in [9.17, 15) is 4.79 Å². The third kappa shape index (κ3) is 2.50. The number of anilines is 1. The van der Waals surface area contributed by atoms with E-state index in [2.05, 4.69) is 10.4 Å². The zero-order valence-electron chi connectivity index (χ0n) is 11.5. The summed E-state index contributed by atoms with van der Waals surface area (Å²) in [6, 6.07) is 15.1. The number of nitrogens with one attached hydrogen (secondary N) is 1. The van der Waals surface area contributed by atoms with Crippen LogP contribution in [0.1, 0.15) is 16.1 Å². The summed E-state index contributed by atoms with van der Waals surface area (Å²) < 4.78 is 1.71. The van der Waals surface area contributed by atoms with E-state index in [0.29, 0.717) is 17.3 Å². The first-order chi connectivity index (χ1) is 10.2. The van der Waals surface area contributed by atoms with Gasteiger partial charge in [0.2, 0.25) is 0 Å². The third-order valence-electron chi connectivity index (χ3n) is 3.38. The Morgan fingerprint density at radius 3 is 2.71 bits per heavy atom. The van der Waals surface area contributed by atoms with Gasteiger partial charge in [0, 0.05) is 24.0 Å². The van der Waals surface area contributed by atoms with Gasteiger partial charge in [0.1, 0.15) is 0 Å². The Balaban J connectivity index is 1.98. The lowest BCUT2D eigenvalue weighted by atomic mass is 10.1. The quantitative estimate of drug-likeness (QED) is 0.752. The van der Waals surface area contributed by atoms with Crippen molar-refractivity contribution in [2.45, 2.75) is 5.88 Å². The van der Waals surface area contributed by atoms with Gasteiger partial charge in [0.05, 0.1) is 5.52 Å². The Bertz CT molecular complexity index is 810. The minimum atomic E-state index is -0.232. The highest BCUT2D eigenvalue weighted by molar-refractivity contribution is 6.18. The monoisotopic (exact) mass is 299 g/mol. The van der Waals surface area contributed by atoms with Crippen molar-refractivity contribution in [3.63, 3.8) is 0 Å². The summed E-state index contributed by atoms with van der Waals surface area (Å²) in [5.41, 5.74) is 2.94. The number of rotatable bonds is 3. The van der Waals surface area contributed by atoms with E-state index in [-0.39, 0.29) is 5.91 Å². The fraction of sp³-hybridized carbons (Fsp3) is 0.125. The van der Waals surface area contributed by atoms with Crippen LogP contribution in [0.5, 0.6) is 0 Å². The van der Waals surface area contributed by atoms with Crippen molar-refractivity contribution >= 4 is 34.1 Å². The van der Waals surface area contributed by atoms with Crippen molar-refractivity contribution in [1.82, 2.24) is 9.78 Å². The molecule has 1 aromatic heterocycles. The highest BCUT2D eigenvalue weighted by Crippen LogP contribution is 2.21. The molecule has 0 spiro atoms. The number of hydrogen-bond donors (Lipinski definition) is 1. The summed E-state index contributed by atoms with van der Waals surface area (Å²) in [5.74, 6) is 0.115. The summed E-state index contributed by atoms with van der Waals surface area (Å²) in [5, 5.41) is 8.03. The lowest BCUT2D eigenvalue weighted by molar-refractivity contribution is 0.102. The number of aryl methyl sites for hydroxylation is 1. The zero-order valence-corrected chi connectivity index (χ0v) is 12.3. The summed E-state index contributed by atoms with van der Waals surface area (Å²) in [6.07, 6.45) is 0. The number of aromatic nitrogens is 2. The molecule has 0 unspecified atom stereocenters. The van der Waals surface area contributed by atoms with Gasteiger partial charge < -0.3 is 5.32 Å². The van der Waals surface area contributed by atoms with E-state index < -0.39 is 0 Å². The summed E-state index contributed by atoms with van der Waals surface area (Å²) in [6.45, 7) is 0. The smallest absolute Gasteiger partial charge is 0.276 e. The molecule has 0 aliphatic heterocycles. The highest BCUT2D eigenvalue weighted by Gasteiger charge is 2.16. The number of para-hydroxylation sites is 2. The molecule has 106 valence electrons. The molecule has 0 saturated carbocycles. The number of alkyl halides is 1. The number of benzene rings is 2. The average Bonchev–Trinajstić information content (AvgIpc) is 2.86. The van der Waals surface area contributed by atoms with Crippen LogP contribution in [-0.2, 0) is 12.9 Å². The first-order valence-corrected chi connectivity index (χ1v) is 7.11. The molecule has 0 bridgehead atoms. The standard InChI is InChI=1S/C16H14ClN3O/c1-20-14-9-5-3-7-12(14)15(19-20)16(21)18-13-8-4-2-6-11(13)10-17/h2-9H,10H2,1H3,(H,18,21). The summed E-state index contributed by atoms with van der Waals surface area (Å²) in [4.78, 5) is 12.5. The van der Waals surface area contributed by atoms with E-state index in [1.54, 1.807) is 4.68 Å². The molecule has 1 heterocycles. The largest absolute Gasteiger partial charge is 0.320 e. The average molecular weight is 300 g/mol. The lowest BCUT2D eigenvalue weighted by Gasteiger charge is -2.07. The minimum absolute atomic E-state index is 0.232. The molecule has 1 amide bonds. The van der Waals surface area contributed by atoms with Crippen molar-refractivity contribution < 1.29 is 4.79 Å². The lowest BCUT2D eigenvalue weighted by Crippen LogP contribution is -2.14. The van der Waals surface area contributed by atoms with Crippen molar-refractivity contribution in [3.05, 3.63) is 59.8 Å². The van der Waals surface area contributed by atoms with E-state index in [0.717, 1.165) is 16.5 Å². The maximum Gasteiger partial charge on any atom is 0.276 e. The van der Waals surface area contributed by atoms with E-state index in [4.69, 9.17) is 11.6 Å². The molecule has 0 aliphatic rings. The summed E-state index contributed by atoms with van der Waals surface area (Å²) >= 11 is 5.89. The molecule has 1 N–H and O–H groups in total. The fourth-order valence-corrected chi connectivity index (χ4v) is 2.55. The number of fused-ring (bicyclic) bond motifs is 1. The molecular weight excluding hydrogens is 286 g/mol. The van der Waals surface area contributed by atoms with Gasteiger partial charge in [0.25, 0.3) is 5.91 Å². The second-order valence-electron chi connectivity index (χ2n) is 4.73. The normalized spacial score (nSPS) is 10.8. The van der Waals surface area contributed by atoms with E-state index >= 15 is 0 Å². The first-order valence-electron chi connectivity index (χ1n) is 6.57. The Labute approximate surface area is 127 Å². The second-order valence-corrected chi connectivity index (χ2v) is 5.00. The van der Waals surface area contributed by atoms with E-state index in [1.165, 1.54) is 0 Å². The molecule has 0 fully saturated rings. The Hall–Kier alpha value is -2.33. The Kier molecular flexibility index (Phi) is 3.62. The zero-order chi connectivity index (χ0) is 14.8. The van der Waals surface area contributed by atoms with E-state index in [1.807, 2.05) is 55.6 Å². The van der Waals surface area contributed by atoms with Gasteiger partial charge >= 0.3 is 0 Å². The minimum Gasteiger partial charge on any atom is -0.320 e. The number of carbonyl (C=O) groups is 1. The van der Waals surface area contributed by atoms with Gasteiger partial charge in [-0.1, -0.05) is 36.4 Å². The number of hydrogen-bond acceptors (Lipinski definition) is 2. The number of nitrogens with zero attached hydrogens (tertiary/aromatic N) is 2. The molecular formula is C16H14ClN3O. The Morgan fingerprint density at radius 2 is 1.90 bits per heavy atom. The van der Waals surface area contributed by atoms with Crippen molar-refractivity contribution in [3.8, 4) is 0 Å². The predicted octanol–water partition coefficient (Wildman–Crippen LogP) is 3.56. The van der Waals surface area contributed by atoms with Crippen LogP contribution in [0.2, 0.25) is 0 Å². The molecule has 21 heavy (non-hydrogen) atoms. The van der Waals surface area contributed by atoms with Crippen LogP contribution in [0.25, 0.3) is 10.9 Å². The van der Waals surface area contributed by atoms with Gasteiger partial charge in [-0.3, -0.25) is 9.48 Å². The molecule has 0 radical (unpaired) electrons. The topological polar surface area (TPSA) is 46.9 Å². The number of halogens is 1. The van der Waals surface area contributed by atoms with Crippen LogP contribution in [0, 0.1) is 0 Å². The van der Waals surface area contributed by atoms with Crippen LogP contribution in [0.4, 0.5) is 5.69 Å². The fourth-order valence-electron chi connectivity index (χ4n) is 2.32. The van der Waals surface area contributed by atoms with Crippen molar-refractivity contribution in [2.75, 3.05) is 5.32 Å².